The van der Waals surface area contributed by atoms with E-state index in [0.29, 0.717) is 0 Å². The Balaban J connectivity index is 2.35. The molecule has 0 fully saturated rings. The van der Waals surface area contributed by atoms with Crippen molar-refractivity contribution < 1.29 is 4.74 Å². The summed E-state index contributed by atoms with van der Waals surface area (Å²) in [5.74, 6) is 1.84. The third kappa shape index (κ3) is 3.92. The molecular weight excluding hydrogens is 176 g/mol. The van der Waals surface area contributed by atoms with Crippen LogP contribution in [0.3, 0.4) is 0 Å². The summed E-state index contributed by atoms with van der Waals surface area (Å²) in [7, 11) is 1.72. The summed E-state index contributed by atoms with van der Waals surface area (Å²) in [6, 6.07) is 0. The molecule has 1 rings (SSSR count). The first-order valence-electron chi connectivity index (χ1n) is 5.24. The van der Waals surface area contributed by atoms with Gasteiger partial charge < -0.3 is 9.72 Å². The molecule has 3 heteroatoms. The van der Waals surface area contributed by atoms with Gasteiger partial charge in [0.2, 0.25) is 0 Å². The summed E-state index contributed by atoms with van der Waals surface area (Å²) in [6.45, 7) is 5.22. The first-order valence-corrected chi connectivity index (χ1v) is 5.24. The zero-order valence-corrected chi connectivity index (χ0v) is 9.34. The maximum Gasteiger partial charge on any atom is 0.106 e. The van der Waals surface area contributed by atoms with Gasteiger partial charge in [-0.2, -0.15) is 0 Å². The highest BCUT2D eigenvalue weighted by molar-refractivity contribution is 5.01. The molecule has 0 aliphatic heterocycles. The Morgan fingerprint density at radius 3 is 2.86 bits per heavy atom. The summed E-state index contributed by atoms with van der Waals surface area (Å²) >= 11 is 0. The molecule has 3 nitrogen and oxygen atoms in total. The van der Waals surface area contributed by atoms with Crippen molar-refractivity contribution in [1.29, 1.82) is 0 Å². The molecule has 0 spiro atoms. The fourth-order valence-corrected chi connectivity index (χ4v) is 1.30. The van der Waals surface area contributed by atoms with Crippen molar-refractivity contribution in [3.05, 3.63) is 17.7 Å². The van der Waals surface area contributed by atoms with E-state index in [-0.39, 0.29) is 0 Å². The van der Waals surface area contributed by atoms with Crippen molar-refractivity contribution in [3.63, 3.8) is 0 Å². The van der Waals surface area contributed by atoms with E-state index in [2.05, 4.69) is 23.8 Å². The van der Waals surface area contributed by atoms with Crippen molar-refractivity contribution in [2.75, 3.05) is 13.7 Å². The van der Waals surface area contributed by atoms with E-state index in [0.717, 1.165) is 31.2 Å². The Hall–Kier alpha value is -0.830. The standard InChI is InChI=1S/C11H20N2O/c1-9(2)4-5-11-12-8-10(13-11)6-7-14-3/h8-9H,4-7H2,1-3H3,(H,12,13). The van der Waals surface area contributed by atoms with Crippen LogP contribution in [-0.2, 0) is 17.6 Å². The van der Waals surface area contributed by atoms with Crippen molar-refractivity contribution in [2.45, 2.75) is 33.1 Å². The molecule has 14 heavy (non-hydrogen) atoms. The van der Waals surface area contributed by atoms with Crippen LogP contribution < -0.4 is 0 Å². The fraction of sp³-hybridized carbons (Fsp3) is 0.727. The van der Waals surface area contributed by atoms with Gasteiger partial charge in [-0.1, -0.05) is 13.8 Å². The number of nitrogens with zero attached hydrogens (tertiary/aromatic N) is 1. The number of imidazole rings is 1. The van der Waals surface area contributed by atoms with Gasteiger partial charge in [0.25, 0.3) is 0 Å². The molecule has 80 valence electrons. The number of nitrogens with one attached hydrogen (secondary N) is 1. The van der Waals surface area contributed by atoms with Gasteiger partial charge in [0.05, 0.1) is 6.61 Å². The molecule has 0 aliphatic rings. The first kappa shape index (κ1) is 11.2. The summed E-state index contributed by atoms with van der Waals surface area (Å²) in [5, 5.41) is 0. The van der Waals surface area contributed by atoms with E-state index in [1.165, 1.54) is 12.1 Å². The molecule has 0 bridgehead atoms. The Morgan fingerprint density at radius 1 is 1.43 bits per heavy atom. The van der Waals surface area contributed by atoms with Crippen LogP contribution in [0.4, 0.5) is 0 Å². The quantitative estimate of drug-likeness (QED) is 0.757. The highest BCUT2D eigenvalue weighted by Crippen LogP contribution is 2.06. The highest BCUT2D eigenvalue weighted by Gasteiger charge is 2.01. The van der Waals surface area contributed by atoms with Crippen LogP contribution in [0, 0.1) is 5.92 Å². The van der Waals surface area contributed by atoms with Crippen LogP contribution in [0.15, 0.2) is 6.20 Å². The fourth-order valence-electron chi connectivity index (χ4n) is 1.30. The zero-order chi connectivity index (χ0) is 10.4. The third-order valence-electron chi connectivity index (χ3n) is 2.22. The highest BCUT2D eigenvalue weighted by atomic mass is 16.5. The number of methoxy groups -OCH3 is 1. The molecule has 0 unspecified atom stereocenters. The number of hydrogen-bond donors (Lipinski definition) is 1. The molecule has 0 amide bonds. The third-order valence-corrected chi connectivity index (χ3v) is 2.22. The second-order valence-electron chi connectivity index (χ2n) is 4.03. The van der Waals surface area contributed by atoms with E-state index >= 15 is 0 Å². The first-order chi connectivity index (χ1) is 6.72. The molecule has 1 N–H and O–H groups in total. The minimum atomic E-state index is 0.738. The van der Waals surface area contributed by atoms with Gasteiger partial charge in [-0.05, 0) is 12.3 Å². The smallest absolute Gasteiger partial charge is 0.106 e. The Morgan fingerprint density at radius 2 is 2.21 bits per heavy atom. The van der Waals surface area contributed by atoms with Gasteiger partial charge in [0.1, 0.15) is 5.82 Å². The largest absolute Gasteiger partial charge is 0.384 e. The average Bonchev–Trinajstić information content (AvgIpc) is 2.59. The van der Waals surface area contributed by atoms with Crippen molar-refractivity contribution >= 4 is 0 Å². The SMILES string of the molecule is COCCc1cnc(CCC(C)C)[nH]1. The van der Waals surface area contributed by atoms with Crippen LogP contribution in [0.25, 0.3) is 0 Å². The van der Waals surface area contributed by atoms with Gasteiger partial charge in [-0.25, -0.2) is 4.98 Å². The number of ether oxygens (including phenoxy) is 1. The van der Waals surface area contributed by atoms with Crippen LogP contribution in [0.5, 0.6) is 0 Å². The monoisotopic (exact) mass is 196 g/mol. The molecule has 1 heterocycles. The molecular formula is C11H20N2O. The topological polar surface area (TPSA) is 37.9 Å². The molecule has 1 aromatic rings. The number of aromatic amines is 1. The maximum absolute atomic E-state index is 5.01. The summed E-state index contributed by atoms with van der Waals surface area (Å²) in [4.78, 5) is 7.64. The lowest BCUT2D eigenvalue weighted by Crippen LogP contribution is -1.96. The zero-order valence-electron chi connectivity index (χ0n) is 9.34. The van der Waals surface area contributed by atoms with Crippen LogP contribution in [0.2, 0.25) is 0 Å². The van der Waals surface area contributed by atoms with Gasteiger partial charge in [0, 0.05) is 31.8 Å². The molecule has 0 saturated heterocycles. The summed E-state index contributed by atoms with van der Waals surface area (Å²) < 4.78 is 5.01. The second-order valence-corrected chi connectivity index (χ2v) is 4.03. The Labute approximate surface area is 85.9 Å². The van der Waals surface area contributed by atoms with Gasteiger partial charge in [-0.15, -0.1) is 0 Å². The lowest BCUT2D eigenvalue weighted by Gasteiger charge is -2.01. The molecule has 0 aromatic carbocycles. The Kier molecular flexibility index (Phi) is 4.66. The molecule has 1 aromatic heterocycles. The van der Waals surface area contributed by atoms with E-state index in [4.69, 9.17) is 4.74 Å². The second kappa shape index (κ2) is 5.81. The van der Waals surface area contributed by atoms with E-state index in [1.54, 1.807) is 7.11 Å². The van der Waals surface area contributed by atoms with E-state index < -0.39 is 0 Å². The minimum absolute atomic E-state index is 0.738. The predicted molar refractivity (Wildman–Crippen MR) is 57.3 cm³/mol. The normalized spacial score (nSPS) is 11.1. The number of hydrogen-bond acceptors (Lipinski definition) is 2. The van der Waals surface area contributed by atoms with Crippen LogP contribution >= 0.6 is 0 Å². The Bertz CT molecular complexity index is 256. The number of H-pyrrole nitrogens is 1. The van der Waals surface area contributed by atoms with Crippen molar-refractivity contribution in [2.24, 2.45) is 5.92 Å². The maximum atomic E-state index is 5.01. The number of aromatic nitrogens is 2. The van der Waals surface area contributed by atoms with Crippen molar-refractivity contribution in [3.8, 4) is 0 Å². The molecule has 0 atom stereocenters. The van der Waals surface area contributed by atoms with Crippen LogP contribution in [0.1, 0.15) is 31.8 Å². The van der Waals surface area contributed by atoms with Gasteiger partial charge in [-0.3, -0.25) is 0 Å². The van der Waals surface area contributed by atoms with Gasteiger partial charge in [0.15, 0.2) is 0 Å². The number of aryl methyl sites for hydroxylation is 1. The number of rotatable bonds is 6. The van der Waals surface area contributed by atoms with E-state index in [1.807, 2.05) is 6.20 Å². The molecule has 0 radical (unpaired) electrons. The average molecular weight is 196 g/mol. The van der Waals surface area contributed by atoms with Crippen molar-refractivity contribution in [1.82, 2.24) is 9.97 Å². The lowest BCUT2D eigenvalue weighted by atomic mass is 10.1. The summed E-state index contributed by atoms with van der Waals surface area (Å²) in [6.07, 6.45) is 5.07. The predicted octanol–water partition coefficient (Wildman–Crippen LogP) is 2.19. The minimum Gasteiger partial charge on any atom is -0.384 e. The van der Waals surface area contributed by atoms with Crippen LogP contribution in [-0.4, -0.2) is 23.7 Å². The van der Waals surface area contributed by atoms with E-state index in [9.17, 15) is 0 Å². The van der Waals surface area contributed by atoms with Gasteiger partial charge >= 0.3 is 0 Å². The summed E-state index contributed by atoms with van der Waals surface area (Å²) in [5.41, 5.74) is 1.17. The molecule has 0 saturated carbocycles. The molecule has 0 aliphatic carbocycles. The lowest BCUT2D eigenvalue weighted by molar-refractivity contribution is 0.201.